The number of aliphatic carboxylic acids is 3. The SMILES string of the molecule is CC(C)[C@H](NC(=O)[C@H](CCC(=O)O)NC(=O)[C@H](Cc1ccccc1)NC(=O)[C@@H]1CCCN1C(=O)[C@H](CCCN=C(N)N)NC(=O)[C@H](CCC(=O)O)NC(=O)[C@H](Cc1c[nH]c2ccccc12)NC(=O)[C@H](CCCCN)NC(=O)CN)C(=O)N[C@@H](CCCCN)C(=O)O. The lowest BCUT2D eigenvalue weighted by molar-refractivity contribution is -0.143. The van der Waals surface area contributed by atoms with Gasteiger partial charge in [-0.1, -0.05) is 62.4 Å². The largest absolute Gasteiger partial charge is 0.481 e. The van der Waals surface area contributed by atoms with Gasteiger partial charge in [0.25, 0.3) is 0 Å². The van der Waals surface area contributed by atoms with Crippen LogP contribution in [0.5, 0.6) is 0 Å². The Morgan fingerprint density at radius 2 is 1.08 bits per heavy atom. The lowest BCUT2D eigenvalue weighted by Gasteiger charge is -2.31. The van der Waals surface area contributed by atoms with Gasteiger partial charge in [0, 0.05) is 55.9 Å². The van der Waals surface area contributed by atoms with Crippen LogP contribution < -0.4 is 71.2 Å². The molecular weight excluding hydrogens is 1180 g/mol. The van der Waals surface area contributed by atoms with Crippen LogP contribution in [0.15, 0.2) is 65.8 Å². The van der Waals surface area contributed by atoms with Gasteiger partial charge in [-0.2, -0.15) is 0 Å². The first-order chi connectivity index (χ1) is 43.4. The number of nitrogens with one attached hydrogen (secondary N) is 9. The second-order valence-corrected chi connectivity index (χ2v) is 22.6. The average Bonchev–Trinajstić information content (AvgIpc) is 1.97. The minimum Gasteiger partial charge on any atom is -0.481 e. The molecular formula is C60H90N16O15. The van der Waals surface area contributed by atoms with Crippen LogP contribution in [0, 0.1) is 5.92 Å². The Kier molecular flexibility index (Phi) is 31.3. The van der Waals surface area contributed by atoms with Gasteiger partial charge < -0.3 is 96.4 Å². The van der Waals surface area contributed by atoms with Crippen molar-refractivity contribution in [1.82, 2.24) is 52.4 Å². The van der Waals surface area contributed by atoms with Gasteiger partial charge in [0.15, 0.2) is 5.96 Å². The molecule has 1 fully saturated rings. The first-order valence-electron chi connectivity index (χ1n) is 30.5. The van der Waals surface area contributed by atoms with Gasteiger partial charge >= 0.3 is 17.9 Å². The van der Waals surface area contributed by atoms with E-state index < -0.39 is 164 Å². The highest BCUT2D eigenvalue weighted by molar-refractivity contribution is 5.99. The van der Waals surface area contributed by atoms with Crippen LogP contribution in [0.4, 0.5) is 0 Å². The predicted octanol–water partition coefficient (Wildman–Crippen LogP) is -2.44. The molecule has 22 N–H and O–H groups in total. The Morgan fingerprint density at radius 3 is 1.64 bits per heavy atom. The van der Waals surface area contributed by atoms with Crippen LogP contribution in [0.1, 0.15) is 115 Å². The van der Waals surface area contributed by atoms with E-state index in [9.17, 15) is 72.9 Å². The molecule has 1 aliphatic heterocycles. The number of aliphatic imine (C=N–C) groups is 1. The number of likely N-dealkylation sites (tertiary alicyclic amines) is 1. The van der Waals surface area contributed by atoms with E-state index in [-0.39, 0.29) is 70.4 Å². The van der Waals surface area contributed by atoms with Crippen LogP contribution in [-0.4, -0.2) is 189 Å². The van der Waals surface area contributed by atoms with Gasteiger partial charge in [0.2, 0.25) is 53.2 Å². The molecule has 1 aromatic heterocycles. The summed E-state index contributed by atoms with van der Waals surface area (Å²) in [6, 6.07) is 2.67. The molecule has 1 aliphatic rings. The summed E-state index contributed by atoms with van der Waals surface area (Å²) in [6.45, 7) is 3.24. The molecule has 4 rings (SSSR count). The fourth-order valence-corrected chi connectivity index (χ4v) is 10.3. The summed E-state index contributed by atoms with van der Waals surface area (Å²) in [5.41, 5.74) is 29.8. The molecule has 31 heteroatoms. The molecule has 0 aliphatic carbocycles. The monoisotopic (exact) mass is 1270 g/mol. The number of aromatic amines is 1. The third-order valence-electron chi connectivity index (χ3n) is 15.2. The number of carbonyl (C=O) groups excluding carboxylic acids is 9. The number of amides is 9. The molecule has 0 spiro atoms. The number of carboxylic acid groups (broad SMARTS) is 3. The van der Waals surface area contributed by atoms with E-state index in [1.807, 2.05) is 0 Å². The highest BCUT2D eigenvalue weighted by atomic mass is 16.4. The maximum atomic E-state index is 14.9. The third kappa shape index (κ3) is 24.9. The number of guanidine groups is 1. The van der Waals surface area contributed by atoms with E-state index in [4.69, 9.17) is 28.7 Å². The van der Waals surface area contributed by atoms with Gasteiger partial charge in [0.1, 0.15) is 54.4 Å². The number of benzene rings is 2. The van der Waals surface area contributed by atoms with E-state index in [2.05, 4.69) is 52.5 Å². The van der Waals surface area contributed by atoms with Gasteiger partial charge in [0.05, 0.1) is 6.54 Å². The Bertz CT molecular complexity index is 2990. The molecule has 0 radical (unpaired) electrons. The molecule has 2 heterocycles. The molecule has 9 amide bonds. The van der Waals surface area contributed by atoms with Gasteiger partial charge in [-0.05, 0) is 113 Å². The van der Waals surface area contributed by atoms with Crippen molar-refractivity contribution in [3.05, 3.63) is 71.9 Å². The summed E-state index contributed by atoms with van der Waals surface area (Å²) in [6.07, 6.45) is 1.14. The van der Waals surface area contributed by atoms with Crippen LogP contribution in [-0.2, 0) is 70.4 Å². The van der Waals surface area contributed by atoms with Crippen LogP contribution >= 0.6 is 0 Å². The van der Waals surface area contributed by atoms with Crippen molar-refractivity contribution in [3.63, 3.8) is 0 Å². The molecule has 500 valence electrons. The second kappa shape index (κ2) is 38.3. The van der Waals surface area contributed by atoms with Crippen molar-refractivity contribution in [2.75, 3.05) is 32.7 Å². The number of aromatic nitrogens is 1. The van der Waals surface area contributed by atoms with Crippen molar-refractivity contribution in [2.24, 2.45) is 39.6 Å². The lowest BCUT2D eigenvalue weighted by atomic mass is 10.0. The summed E-state index contributed by atoms with van der Waals surface area (Å²) in [5.74, 6) is -12.7. The zero-order valence-corrected chi connectivity index (χ0v) is 51.4. The average molecular weight is 1280 g/mol. The molecule has 0 bridgehead atoms. The lowest BCUT2D eigenvalue weighted by Crippen LogP contribution is -2.61. The number of nitrogens with zero attached hydrogens (tertiary/aromatic N) is 2. The number of carbonyl (C=O) groups is 12. The van der Waals surface area contributed by atoms with Crippen molar-refractivity contribution >= 4 is 87.9 Å². The zero-order chi connectivity index (χ0) is 67.2. The second-order valence-electron chi connectivity index (χ2n) is 22.6. The van der Waals surface area contributed by atoms with Gasteiger partial charge in [-0.3, -0.25) is 57.7 Å². The molecule has 9 atom stereocenters. The maximum absolute atomic E-state index is 14.9. The van der Waals surface area contributed by atoms with Crippen molar-refractivity contribution in [2.45, 2.75) is 171 Å². The van der Waals surface area contributed by atoms with Crippen LogP contribution in [0.3, 0.4) is 0 Å². The number of nitrogens with two attached hydrogens (primary N) is 5. The molecule has 91 heavy (non-hydrogen) atoms. The number of hydrogen-bond donors (Lipinski definition) is 17. The fraction of sp³-hybridized carbons (Fsp3) is 0.550. The normalized spacial score (nSPS) is 15.5. The highest BCUT2D eigenvalue weighted by Crippen LogP contribution is 2.23. The summed E-state index contributed by atoms with van der Waals surface area (Å²) in [5, 5.41) is 50.8. The minimum absolute atomic E-state index is 0.0346. The van der Waals surface area contributed by atoms with E-state index >= 15 is 0 Å². The number of rotatable bonds is 41. The van der Waals surface area contributed by atoms with Gasteiger partial charge in [-0.25, -0.2) is 4.79 Å². The van der Waals surface area contributed by atoms with E-state index in [0.717, 1.165) is 0 Å². The minimum atomic E-state index is -1.66. The van der Waals surface area contributed by atoms with E-state index in [0.29, 0.717) is 60.8 Å². The Balaban J connectivity index is 1.65. The number of fused-ring (bicyclic) bond motifs is 1. The number of hydrogen-bond acceptors (Lipinski definition) is 16. The summed E-state index contributed by atoms with van der Waals surface area (Å²) >= 11 is 0. The number of H-pyrrole nitrogens is 1. The molecule has 0 unspecified atom stereocenters. The molecule has 31 nitrogen and oxygen atoms in total. The van der Waals surface area contributed by atoms with E-state index in [1.54, 1.807) is 74.6 Å². The standard InChI is InChI=1S/C60H90N16O15/c1-34(2)50(57(88)72-43(59(90)91)19-9-11-27-62)75-53(84)41(23-25-49(80)81)70-54(85)44(30-35-14-4-3-5-15-35)74-56(87)46-21-13-29-76(46)58(89)42(20-12-28-66-60(64)65)71-52(83)40(22-24-48(78)79)69-55(86)45(31-36-33-67-38-17-7-6-16-37(36)38)73-51(82)39(18-8-10-26-61)68-47(77)32-63/h3-7,14-17,33-34,39-46,50,67H,8-13,18-32,61-63H2,1-2H3,(H,68,77)(H,69,86)(H,70,85)(H,71,83)(H,72,88)(H,73,82)(H,74,87)(H,75,84)(H,78,79)(H,80,81)(H,90,91)(H4,64,65,66)/t39-,40-,41-,42-,43-,44-,45-,46-,50-/m0/s1. The Morgan fingerprint density at radius 1 is 0.571 bits per heavy atom. The van der Waals surface area contributed by atoms with Crippen molar-refractivity contribution < 1.29 is 72.9 Å². The zero-order valence-electron chi connectivity index (χ0n) is 51.4. The van der Waals surface area contributed by atoms with E-state index in [1.165, 1.54) is 4.90 Å². The molecule has 2 aromatic carbocycles. The first-order valence-corrected chi connectivity index (χ1v) is 30.5. The quantitative estimate of drug-likeness (QED) is 0.0159. The Hall–Kier alpha value is -9.23. The number of para-hydroxylation sites is 1. The third-order valence-corrected chi connectivity index (χ3v) is 15.2. The molecule has 3 aromatic rings. The molecule has 1 saturated heterocycles. The Labute approximate surface area is 526 Å². The summed E-state index contributed by atoms with van der Waals surface area (Å²) in [4.78, 5) is 172. The number of unbranched alkanes of at least 4 members (excludes halogenated alkanes) is 2. The first kappa shape index (κ1) is 74.2. The highest BCUT2D eigenvalue weighted by Gasteiger charge is 2.41. The van der Waals surface area contributed by atoms with Crippen LogP contribution in [0.25, 0.3) is 10.9 Å². The molecule has 0 saturated carbocycles. The summed E-state index contributed by atoms with van der Waals surface area (Å²) < 4.78 is 0. The predicted molar refractivity (Wildman–Crippen MR) is 333 cm³/mol. The van der Waals surface area contributed by atoms with Gasteiger partial charge in [-0.15, -0.1) is 0 Å². The van der Waals surface area contributed by atoms with Crippen molar-refractivity contribution in [3.8, 4) is 0 Å². The van der Waals surface area contributed by atoms with Crippen LogP contribution in [0.2, 0.25) is 0 Å². The summed E-state index contributed by atoms with van der Waals surface area (Å²) in [7, 11) is 0. The number of carboxylic acids is 3. The van der Waals surface area contributed by atoms with Crippen molar-refractivity contribution in [1.29, 1.82) is 0 Å². The maximum Gasteiger partial charge on any atom is 0.326 e. The fourth-order valence-electron chi connectivity index (χ4n) is 10.3. The topological polar surface area (TPSA) is 523 Å². The smallest absolute Gasteiger partial charge is 0.326 e.